The van der Waals surface area contributed by atoms with Gasteiger partial charge in [-0.15, -0.1) is 0 Å². The van der Waals surface area contributed by atoms with Gasteiger partial charge >= 0.3 is 0 Å². The Balaban J connectivity index is 2.09. The lowest BCUT2D eigenvalue weighted by molar-refractivity contribution is 0.397. The summed E-state index contributed by atoms with van der Waals surface area (Å²) in [6.07, 6.45) is 1.59. The lowest BCUT2D eigenvalue weighted by Crippen LogP contribution is -2.23. The van der Waals surface area contributed by atoms with Crippen LogP contribution in [-0.4, -0.2) is 20.5 Å². The Bertz CT molecular complexity index is 746. The summed E-state index contributed by atoms with van der Waals surface area (Å²) in [5, 5.41) is 0. The predicted molar refractivity (Wildman–Crippen MR) is 90.0 cm³/mol. The fraction of sp³-hybridized carbons (Fsp3) is 0.353. The molecule has 124 valence electrons. The van der Waals surface area contributed by atoms with E-state index in [1.165, 1.54) is 7.11 Å². The summed E-state index contributed by atoms with van der Waals surface area (Å²) in [5.74, 6) is 0.495. The van der Waals surface area contributed by atoms with Crippen LogP contribution in [0, 0.1) is 0 Å². The minimum absolute atomic E-state index is 0.00944. The topological polar surface area (TPSA) is 68.3 Å². The lowest BCUT2D eigenvalue weighted by Gasteiger charge is -2.19. The molecule has 0 aliphatic heterocycles. The first-order valence-corrected chi connectivity index (χ1v) is 8.80. The summed E-state index contributed by atoms with van der Waals surface area (Å²) in [5.41, 5.74) is 1.85. The second-order valence-electron chi connectivity index (χ2n) is 6.31. The Morgan fingerprint density at radius 1 is 1.09 bits per heavy atom. The van der Waals surface area contributed by atoms with Gasteiger partial charge in [0.15, 0.2) is 0 Å². The molecular formula is C17H22N2O3S. The molecule has 0 spiro atoms. The summed E-state index contributed by atoms with van der Waals surface area (Å²) in [6, 6.07) is 10.4. The number of hydrogen-bond acceptors (Lipinski definition) is 4. The Hall–Kier alpha value is -1.92. The van der Waals surface area contributed by atoms with Crippen molar-refractivity contribution in [3.05, 3.63) is 53.7 Å². The highest BCUT2D eigenvalue weighted by Gasteiger charge is 2.17. The number of methoxy groups -OCH3 is 1. The van der Waals surface area contributed by atoms with Crippen LogP contribution in [0.15, 0.2) is 47.5 Å². The molecule has 0 saturated carbocycles. The Kier molecular flexibility index (Phi) is 5.06. The highest BCUT2D eigenvalue weighted by Crippen LogP contribution is 2.23. The molecule has 0 amide bonds. The highest BCUT2D eigenvalue weighted by atomic mass is 32.2. The number of hydrogen-bond donors (Lipinski definition) is 1. The number of aromatic nitrogens is 1. The van der Waals surface area contributed by atoms with E-state index in [4.69, 9.17) is 4.74 Å². The zero-order valence-electron chi connectivity index (χ0n) is 13.8. The standard InChI is InChI=1S/C17H22N2O3S/c1-17(2,3)14-6-8-15(9-7-14)23(20,21)19-12-13-5-10-16(22-4)18-11-13/h5-11,19H,12H2,1-4H3. The first-order valence-electron chi connectivity index (χ1n) is 7.31. The van der Waals surface area contributed by atoms with E-state index in [1.807, 2.05) is 12.1 Å². The Labute approximate surface area is 137 Å². The number of pyridine rings is 1. The lowest BCUT2D eigenvalue weighted by atomic mass is 9.87. The van der Waals surface area contributed by atoms with Gasteiger partial charge in [-0.05, 0) is 28.7 Å². The molecule has 0 bridgehead atoms. The molecular weight excluding hydrogens is 312 g/mol. The van der Waals surface area contributed by atoms with Crippen molar-refractivity contribution in [1.82, 2.24) is 9.71 Å². The molecule has 2 aromatic rings. The van der Waals surface area contributed by atoms with Crippen LogP contribution in [0.1, 0.15) is 31.9 Å². The average Bonchev–Trinajstić information content (AvgIpc) is 2.53. The Morgan fingerprint density at radius 3 is 2.22 bits per heavy atom. The first kappa shape index (κ1) is 17.4. The maximum atomic E-state index is 12.3. The SMILES string of the molecule is COc1ccc(CNS(=O)(=O)c2ccc(C(C)(C)C)cc2)cn1. The molecule has 6 heteroatoms. The zero-order valence-corrected chi connectivity index (χ0v) is 14.6. The van der Waals surface area contributed by atoms with E-state index >= 15 is 0 Å². The number of nitrogens with one attached hydrogen (secondary N) is 1. The first-order chi connectivity index (χ1) is 10.7. The van der Waals surface area contributed by atoms with Crippen molar-refractivity contribution in [3.63, 3.8) is 0 Å². The third-order valence-corrected chi connectivity index (χ3v) is 4.92. The minimum Gasteiger partial charge on any atom is -0.481 e. The molecule has 0 saturated heterocycles. The van der Waals surface area contributed by atoms with Gasteiger partial charge in [0.25, 0.3) is 0 Å². The molecule has 0 atom stereocenters. The van der Waals surface area contributed by atoms with Crippen LogP contribution in [0.3, 0.4) is 0 Å². The molecule has 1 aromatic carbocycles. The van der Waals surface area contributed by atoms with E-state index in [9.17, 15) is 8.42 Å². The summed E-state index contributed by atoms with van der Waals surface area (Å²) >= 11 is 0. The molecule has 0 aliphatic rings. The summed E-state index contributed by atoms with van der Waals surface area (Å²) in [7, 11) is -2.01. The second kappa shape index (κ2) is 6.68. The van der Waals surface area contributed by atoms with Crippen LogP contribution in [0.4, 0.5) is 0 Å². The van der Waals surface area contributed by atoms with Gasteiger partial charge in [-0.3, -0.25) is 0 Å². The normalized spacial score (nSPS) is 12.2. The van der Waals surface area contributed by atoms with Crippen LogP contribution in [0.5, 0.6) is 5.88 Å². The van der Waals surface area contributed by atoms with Gasteiger partial charge in [0.05, 0.1) is 12.0 Å². The summed E-state index contributed by atoms with van der Waals surface area (Å²) in [4.78, 5) is 4.31. The van der Waals surface area contributed by atoms with Crippen molar-refractivity contribution in [3.8, 4) is 5.88 Å². The van der Waals surface area contributed by atoms with E-state index < -0.39 is 10.0 Å². The zero-order chi connectivity index (χ0) is 17.1. The third-order valence-electron chi connectivity index (χ3n) is 3.50. The third kappa shape index (κ3) is 4.53. The molecule has 2 rings (SSSR count). The maximum Gasteiger partial charge on any atom is 0.240 e. The largest absolute Gasteiger partial charge is 0.481 e. The molecule has 0 radical (unpaired) electrons. The number of ether oxygens (including phenoxy) is 1. The summed E-state index contributed by atoms with van der Waals surface area (Å²) < 4.78 is 32.2. The van der Waals surface area contributed by atoms with E-state index in [0.29, 0.717) is 5.88 Å². The van der Waals surface area contributed by atoms with Crippen LogP contribution >= 0.6 is 0 Å². The second-order valence-corrected chi connectivity index (χ2v) is 8.07. The van der Waals surface area contributed by atoms with Gasteiger partial charge in [-0.25, -0.2) is 18.1 Å². The molecule has 23 heavy (non-hydrogen) atoms. The summed E-state index contributed by atoms with van der Waals surface area (Å²) in [6.45, 7) is 6.45. The maximum absolute atomic E-state index is 12.3. The monoisotopic (exact) mass is 334 g/mol. The van der Waals surface area contributed by atoms with Crippen LogP contribution in [0.25, 0.3) is 0 Å². The Morgan fingerprint density at radius 2 is 1.74 bits per heavy atom. The average molecular weight is 334 g/mol. The molecule has 0 unspecified atom stereocenters. The van der Waals surface area contributed by atoms with E-state index in [2.05, 4.69) is 30.5 Å². The van der Waals surface area contributed by atoms with Crippen LogP contribution < -0.4 is 9.46 Å². The minimum atomic E-state index is -3.55. The van der Waals surface area contributed by atoms with Crippen molar-refractivity contribution in [2.45, 2.75) is 37.6 Å². The molecule has 1 aromatic heterocycles. The van der Waals surface area contributed by atoms with Crippen molar-refractivity contribution < 1.29 is 13.2 Å². The van der Waals surface area contributed by atoms with Crippen molar-refractivity contribution >= 4 is 10.0 Å². The quantitative estimate of drug-likeness (QED) is 0.913. The van der Waals surface area contributed by atoms with Crippen molar-refractivity contribution in [2.24, 2.45) is 0 Å². The number of sulfonamides is 1. The smallest absolute Gasteiger partial charge is 0.240 e. The van der Waals surface area contributed by atoms with E-state index in [1.54, 1.807) is 30.5 Å². The van der Waals surface area contributed by atoms with Gasteiger partial charge in [-0.2, -0.15) is 0 Å². The van der Waals surface area contributed by atoms with Crippen molar-refractivity contribution in [2.75, 3.05) is 7.11 Å². The van der Waals surface area contributed by atoms with Gasteiger partial charge in [0.2, 0.25) is 15.9 Å². The van der Waals surface area contributed by atoms with Crippen molar-refractivity contribution in [1.29, 1.82) is 0 Å². The van der Waals surface area contributed by atoms with Gasteiger partial charge in [0.1, 0.15) is 0 Å². The van der Waals surface area contributed by atoms with Gasteiger partial charge in [0, 0.05) is 18.8 Å². The molecule has 1 heterocycles. The molecule has 0 aliphatic carbocycles. The van der Waals surface area contributed by atoms with Crippen LogP contribution in [0.2, 0.25) is 0 Å². The number of rotatable bonds is 5. The van der Waals surface area contributed by atoms with Gasteiger partial charge in [-0.1, -0.05) is 39.0 Å². The number of benzene rings is 1. The molecule has 0 fully saturated rings. The fourth-order valence-electron chi connectivity index (χ4n) is 2.03. The highest BCUT2D eigenvalue weighted by molar-refractivity contribution is 7.89. The molecule has 1 N–H and O–H groups in total. The van der Waals surface area contributed by atoms with E-state index in [0.717, 1.165) is 11.1 Å². The van der Waals surface area contributed by atoms with E-state index in [-0.39, 0.29) is 16.9 Å². The van der Waals surface area contributed by atoms with Crippen LogP contribution in [-0.2, 0) is 22.0 Å². The van der Waals surface area contributed by atoms with Gasteiger partial charge < -0.3 is 4.74 Å². The fourth-order valence-corrected chi connectivity index (χ4v) is 3.05. The number of nitrogens with zero attached hydrogens (tertiary/aromatic N) is 1. The molecule has 5 nitrogen and oxygen atoms in total. The predicted octanol–water partition coefficient (Wildman–Crippen LogP) is 2.87.